The van der Waals surface area contributed by atoms with Gasteiger partial charge in [-0.25, -0.2) is 9.97 Å². The lowest BCUT2D eigenvalue weighted by Crippen LogP contribution is -2.28. The Labute approximate surface area is 484 Å². The predicted molar refractivity (Wildman–Crippen MR) is 310 cm³/mol. The van der Waals surface area contributed by atoms with Crippen LogP contribution in [0.2, 0.25) is 0 Å². The Morgan fingerprint density at radius 2 is 0.765 bits per heavy atom. The molecule has 9 N–H and O–H groups in total. The van der Waals surface area contributed by atoms with Crippen LogP contribution >= 0.6 is 0 Å². The minimum Gasteiger partial charge on any atom is -0.466 e. The van der Waals surface area contributed by atoms with Crippen LogP contribution in [0.1, 0.15) is 110 Å². The van der Waals surface area contributed by atoms with E-state index in [1.165, 1.54) is 70.3 Å². The van der Waals surface area contributed by atoms with E-state index in [-0.39, 0.29) is 103 Å². The lowest BCUT2D eigenvalue weighted by molar-refractivity contribution is -0.142. The van der Waals surface area contributed by atoms with Crippen LogP contribution in [0.15, 0.2) is 92.0 Å². The fourth-order valence-electron chi connectivity index (χ4n) is 8.96. The van der Waals surface area contributed by atoms with E-state index in [1.807, 2.05) is 0 Å². The Hall–Kier alpha value is -11.2. The Kier molecular flexibility index (Phi) is 18.1. The third kappa shape index (κ3) is 14.5. The third-order valence-corrected chi connectivity index (χ3v) is 13.1. The molecule has 0 aliphatic carbocycles. The van der Waals surface area contributed by atoms with Crippen LogP contribution in [-0.4, -0.2) is 125 Å². The number of nitrogens with zero attached hydrogens (tertiary/aromatic N) is 10. The normalized spacial score (nSPS) is 10.9. The molecule has 8 aromatic rings. The molecule has 444 valence electrons. The van der Waals surface area contributed by atoms with E-state index in [1.54, 1.807) is 122 Å². The quantitative estimate of drug-likeness (QED) is 0.0327. The smallest absolute Gasteiger partial charge is 0.307 e. The predicted octanol–water partition coefficient (Wildman–Crippen LogP) is 3.53. The number of ether oxygens (including phenoxy) is 1. The molecule has 0 aliphatic rings. The summed E-state index contributed by atoms with van der Waals surface area (Å²) in [7, 11) is 13.0. The van der Waals surface area contributed by atoms with E-state index < -0.39 is 47.3 Å². The number of aryl methyl sites for hydroxylation is 8. The fraction of sp³-hybridized carbons (Fsp3) is 0.273. The third-order valence-electron chi connectivity index (χ3n) is 13.1. The van der Waals surface area contributed by atoms with Gasteiger partial charge in [0.15, 0.2) is 11.6 Å². The Morgan fingerprint density at radius 1 is 0.400 bits per heavy atom. The number of anilines is 7. The average molecular weight is 1170 g/mol. The molecule has 0 saturated carbocycles. The zero-order valence-electron chi connectivity index (χ0n) is 47.9. The van der Waals surface area contributed by atoms with Gasteiger partial charge in [-0.3, -0.25) is 47.9 Å². The van der Waals surface area contributed by atoms with Crippen molar-refractivity contribution in [2.45, 2.75) is 26.2 Å². The molecule has 8 rings (SSSR count). The summed E-state index contributed by atoms with van der Waals surface area (Å²) in [5.74, 6) is -5.07. The van der Waals surface area contributed by atoms with E-state index in [9.17, 15) is 47.9 Å². The van der Waals surface area contributed by atoms with Crippen molar-refractivity contribution in [2.24, 2.45) is 56.4 Å². The summed E-state index contributed by atoms with van der Waals surface area (Å²) in [6.07, 6.45) is 12.7. The van der Waals surface area contributed by atoms with Gasteiger partial charge in [-0.05, 0) is 55.8 Å². The highest BCUT2D eigenvalue weighted by molar-refractivity contribution is 6.10. The summed E-state index contributed by atoms with van der Waals surface area (Å²) in [5, 5.41) is 24.5. The van der Waals surface area contributed by atoms with Crippen LogP contribution in [0.5, 0.6) is 0 Å². The van der Waals surface area contributed by atoms with E-state index in [2.05, 4.69) is 57.8 Å². The number of hydrogen-bond donors (Lipinski definition) is 9. The first kappa shape index (κ1) is 59.9. The number of carbonyl (C=O) groups is 10. The van der Waals surface area contributed by atoms with Crippen molar-refractivity contribution in [1.82, 2.24) is 57.1 Å². The second kappa shape index (κ2) is 25.7. The van der Waals surface area contributed by atoms with Crippen LogP contribution in [0, 0.1) is 0 Å². The summed E-state index contributed by atoms with van der Waals surface area (Å²) in [6.45, 7) is 2.12. The number of aromatic nitrogens is 10. The van der Waals surface area contributed by atoms with Gasteiger partial charge < -0.3 is 89.1 Å². The maximum absolute atomic E-state index is 13.4. The number of carbonyl (C=O) groups excluding carboxylic acids is 10. The molecule has 0 bridgehead atoms. The van der Waals surface area contributed by atoms with E-state index in [0.29, 0.717) is 34.1 Å². The topological polar surface area (TPSA) is 353 Å². The van der Waals surface area contributed by atoms with Gasteiger partial charge in [0, 0.05) is 125 Å². The lowest BCUT2D eigenvalue weighted by atomic mass is 10.2. The molecule has 0 saturated heterocycles. The van der Waals surface area contributed by atoms with Gasteiger partial charge in [0.25, 0.3) is 47.3 Å². The monoisotopic (exact) mass is 1170 g/mol. The van der Waals surface area contributed by atoms with Crippen molar-refractivity contribution in [3.05, 3.63) is 138 Å². The second-order valence-corrected chi connectivity index (χ2v) is 19.7. The van der Waals surface area contributed by atoms with Crippen LogP contribution in [0.3, 0.4) is 0 Å². The molecule has 0 fully saturated rings. The molecular weight excluding hydrogens is 1100 g/mol. The van der Waals surface area contributed by atoms with Crippen molar-refractivity contribution in [3.63, 3.8) is 0 Å². The lowest BCUT2D eigenvalue weighted by Gasteiger charge is -2.06. The molecule has 0 unspecified atom stereocenters. The van der Waals surface area contributed by atoms with Crippen molar-refractivity contribution < 1.29 is 52.7 Å². The van der Waals surface area contributed by atoms with Gasteiger partial charge in [-0.2, -0.15) is 0 Å². The molecule has 85 heavy (non-hydrogen) atoms. The van der Waals surface area contributed by atoms with Crippen LogP contribution in [0.4, 0.5) is 40.1 Å². The molecule has 30 nitrogen and oxygen atoms in total. The maximum atomic E-state index is 13.4. The van der Waals surface area contributed by atoms with Crippen LogP contribution < -0.4 is 47.9 Å². The Balaban J connectivity index is 0.758. The summed E-state index contributed by atoms with van der Waals surface area (Å²) in [4.78, 5) is 138. The first-order valence-electron chi connectivity index (χ1n) is 26.3. The van der Waals surface area contributed by atoms with Gasteiger partial charge in [0.05, 0.1) is 41.5 Å². The van der Waals surface area contributed by atoms with Crippen molar-refractivity contribution in [2.75, 3.05) is 56.9 Å². The average Bonchev–Trinajstić information content (AvgIpc) is 4.41. The second-order valence-electron chi connectivity index (χ2n) is 19.7. The first-order chi connectivity index (χ1) is 40.4. The van der Waals surface area contributed by atoms with Gasteiger partial charge in [-0.15, -0.1) is 0 Å². The van der Waals surface area contributed by atoms with Crippen molar-refractivity contribution in [1.29, 1.82) is 0 Å². The summed E-state index contributed by atoms with van der Waals surface area (Å²) in [6, 6.07) is 10.9. The SMILES string of the molecule is CCOC(=O)CCNC(=O)c1cc(NC(=O)c2nc(NC(=O)c3nc(NC(=O)c4cc(NC(=O)CCCNC(=O)c5cc(NC(=O)c6cc(NC(=O)c7cc(NC(=O)c8cccn8C)cn7C)cn6C)cn5C)cn4C)cn3C)cn2C)cn1C. The largest absolute Gasteiger partial charge is 0.466 e. The minimum atomic E-state index is -0.701. The number of nitrogens with one attached hydrogen (secondary N) is 9. The number of hydrogen-bond acceptors (Lipinski definition) is 13. The minimum absolute atomic E-state index is 0.00162. The van der Waals surface area contributed by atoms with E-state index in [4.69, 9.17) is 4.74 Å². The molecule has 0 spiro atoms. The Morgan fingerprint density at radius 3 is 1.19 bits per heavy atom. The van der Waals surface area contributed by atoms with Gasteiger partial charge in [0.2, 0.25) is 17.6 Å². The molecule has 30 heteroatoms. The number of esters is 1. The zero-order chi connectivity index (χ0) is 61.4. The van der Waals surface area contributed by atoms with Crippen molar-refractivity contribution in [3.8, 4) is 0 Å². The number of imidazole rings is 2. The Bertz CT molecular complexity index is 3930. The van der Waals surface area contributed by atoms with Crippen LogP contribution in [0.25, 0.3) is 0 Å². The standard InChI is InChI=1S/C55H63N19O11/c1-10-85-45(76)15-17-57-49(78)38-21-35(28-69(38)4)62-54(83)46-64-43(30-73(46)8)66-55(84)47-63-42(29-74(47)9)65-53(82)41-19-31(24-70(41)5)58-44(75)14-11-16-56-48(77)37-20-32(25-68(37)3)60-51(80)40-23-34(27-72(40)7)61-52(81)39-22-33(26-71(39)6)59-50(79)36-13-12-18-67(36)2/h12-13,18-30H,10-11,14-17H2,1-9H3,(H,56,77)(H,57,78)(H,58,75)(H,59,79)(H,60,80)(H,61,81)(H,62,83)(H,65,82)(H,66,84). The van der Waals surface area contributed by atoms with Crippen molar-refractivity contribution >= 4 is 99.2 Å². The molecule has 9 amide bonds. The van der Waals surface area contributed by atoms with E-state index in [0.717, 1.165) is 0 Å². The molecular formula is C55H63N19O11. The highest BCUT2D eigenvalue weighted by Crippen LogP contribution is 2.22. The number of amides is 9. The van der Waals surface area contributed by atoms with Gasteiger partial charge in [0.1, 0.15) is 34.2 Å². The molecule has 0 aliphatic heterocycles. The first-order valence-corrected chi connectivity index (χ1v) is 26.3. The van der Waals surface area contributed by atoms with E-state index >= 15 is 0 Å². The molecule has 0 aromatic carbocycles. The van der Waals surface area contributed by atoms with Crippen LogP contribution in [-0.2, 0) is 70.7 Å². The molecule has 0 radical (unpaired) electrons. The molecule has 8 aromatic heterocycles. The number of rotatable bonds is 23. The van der Waals surface area contributed by atoms with Gasteiger partial charge >= 0.3 is 5.97 Å². The molecule has 0 atom stereocenters. The zero-order valence-corrected chi connectivity index (χ0v) is 47.9. The molecule has 8 heterocycles. The summed E-state index contributed by atoms with van der Waals surface area (Å²) in [5.41, 5.74) is 3.28. The summed E-state index contributed by atoms with van der Waals surface area (Å²) >= 11 is 0. The maximum Gasteiger partial charge on any atom is 0.307 e. The van der Waals surface area contributed by atoms with Gasteiger partial charge in [-0.1, -0.05) is 0 Å². The highest BCUT2D eigenvalue weighted by atomic mass is 16.5. The highest BCUT2D eigenvalue weighted by Gasteiger charge is 2.24. The summed E-state index contributed by atoms with van der Waals surface area (Å²) < 4.78 is 17.0. The fourth-order valence-corrected chi connectivity index (χ4v) is 8.96.